The first-order valence-electron chi connectivity index (χ1n) is 8.32. The number of aliphatic hydroxyl groups is 1. The molecule has 11 heteroatoms. The summed E-state index contributed by atoms with van der Waals surface area (Å²) >= 11 is 2.84. The van der Waals surface area contributed by atoms with Crippen LogP contribution >= 0.6 is 23.5 Å². The highest BCUT2D eigenvalue weighted by atomic mass is 32.2. The number of rotatable bonds is 4. The molecule has 0 aliphatic carbocycles. The van der Waals surface area contributed by atoms with Gasteiger partial charge in [-0.2, -0.15) is 10.4 Å². The molecule has 0 radical (unpaired) electrons. The van der Waals surface area contributed by atoms with E-state index in [9.17, 15) is 10.4 Å². The van der Waals surface area contributed by atoms with E-state index in [0.29, 0.717) is 21.2 Å². The molecule has 0 spiro atoms. The summed E-state index contributed by atoms with van der Waals surface area (Å²) in [6, 6.07) is 2.12. The average Bonchev–Trinajstić information content (AvgIpc) is 3.28. The quantitative estimate of drug-likeness (QED) is 0.453. The normalized spacial score (nSPS) is 29.2. The molecule has 9 nitrogen and oxygen atoms in total. The van der Waals surface area contributed by atoms with Crippen LogP contribution in [-0.4, -0.2) is 68.1 Å². The standard InChI is InChI=1S/C16H19N5O4S2/c1-16(2)24-10-8(6-22)23-14(11(10)25-16)21-12-9(7(5-17)20-21)13(26-3)19-15(18-12)27-4/h8,10-11,14,22H,6H2,1-4H3/t8-,10-,11-,14+/m1/s1. The number of hydrogen-bond acceptors (Lipinski definition) is 10. The Morgan fingerprint density at radius 1 is 1.22 bits per heavy atom. The predicted octanol–water partition coefficient (Wildman–Crippen LogP) is 1.55. The molecule has 2 aliphatic heterocycles. The molecule has 0 unspecified atom stereocenters. The molecule has 4 atom stereocenters. The van der Waals surface area contributed by atoms with Crippen LogP contribution in [0.3, 0.4) is 0 Å². The number of thioether (sulfide) groups is 2. The maximum absolute atomic E-state index is 9.70. The molecule has 0 amide bonds. The largest absolute Gasteiger partial charge is 0.394 e. The molecule has 4 heterocycles. The number of hydrogen-bond donors (Lipinski definition) is 1. The van der Waals surface area contributed by atoms with Crippen LogP contribution in [-0.2, 0) is 14.2 Å². The molecule has 4 rings (SSSR count). The maximum atomic E-state index is 9.70. The molecule has 0 saturated carbocycles. The topological polar surface area (TPSA) is 115 Å². The fourth-order valence-corrected chi connectivity index (χ4v) is 4.47. The molecule has 27 heavy (non-hydrogen) atoms. The highest BCUT2D eigenvalue weighted by Gasteiger charge is 2.56. The summed E-state index contributed by atoms with van der Waals surface area (Å²) < 4.78 is 19.5. The van der Waals surface area contributed by atoms with Crippen LogP contribution in [0.25, 0.3) is 11.0 Å². The van der Waals surface area contributed by atoms with Gasteiger partial charge in [-0.1, -0.05) is 11.8 Å². The molecule has 2 aromatic rings. The summed E-state index contributed by atoms with van der Waals surface area (Å²) in [7, 11) is 0. The van der Waals surface area contributed by atoms with Crippen LogP contribution in [0.2, 0.25) is 0 Å². The minimum Gasteiger partial charge on any atom is -0.394 e. The second-order valence-corrected chi connectivity index (χ2v) is 8.20. The lowest BCUT2D eigenvalue weighted by Crippen LogP contribution is -2.31. The van der Waals surface area contributed by atoms with Gasteiger partial charge in [0, 0.05) is 0 Å². The monoisotopic (exact) mass is 409 g/mol. The van der Waals surface area contributed by atoms with Gasteiger partial charge in [-0.3, -0.25) is 0 Å². The third-order valence-corrected chi connectivity index (χ3v) is 5.76. The highest BCUT2D eigenvalue weighted by molar-refractivity contribution is 7.99. The van der Waals surface area contributed by atoms with Gasteiger partial charge in [0.15, 0.2) is 28.5 Å². The lowest BCUT2D eigenvalue weighted by molar-refractivity contribution is -0.201. The van der Waals surface area contributed by atoms with Crippen molar-refractivity contribution >= 4 is 34.6 Å². The molecule has 144 valence electrons. The summed E-state index contributed by atoms with van der Waals surface area (Å²) in [5.41, 5.74) is 0.735. The SMILES string of the molecule is CSc1nc(SC)c2c(C#N)nn([C@H]3O[C@H](CO)[C@H]4OC(C)(C)O[C@H]43)c2n1. The van der Waals surface area contributed by atoms with Crippen molar-refractivity contribution in [3.8, 4) is 6.07 Å². The molecular formula is C16H19N5O4S2. The third kappa shape index (κ3) is 3.00. The van der Waals surface area contributed by atoms with E-state index in [1.807, 2.05) is 26.4 Å². The Labute approximate surface area is 164 Å². The smallest absolute Gasteiger partial charge is 0.190 e. The van der Waals surface area contributed by atoms with Crippen molar-refractivity contribution in [1.82, 2.24) is 19.7 Å². The molecule has 2 fully saturated rings. The molecule has 2 saturated heterocycles. The number of nitriles is 1. The van der Waals surface area contributed by atoms with Crippen LogP contribution in [0.15, 0.2) is 10.2 Å². The van der Waals surface area contributed by atoms with Crippen LogP contribution in [0.5, 0.6) is 0 Å². The van der Waals surface area contributed by atoms with Gasteiger partial charge in [-0.15, -0.1) is 11.8 Å². The Hall–Kier alpha value is -1.42. The van der Waals surface area contributed by atoms with E-state index in [1.54, 1.807) is 4.68 Å². The summed E-state index contributed by atoms with van der Waals surface area (Å²) in [4.78, 5) is 9.05. The lowest BCUT2D eigenvalue weighted by atomic mass is 10.1. The van der Waals surface area contributed by atoms with Gasteiger partial charge >= 0.3 is 0 Å². The number of aliphatic hydroxyl groups excluding tert-OH is 1. The van der Waals surface area contributed by atoms with Gasteiger partial charge in [-0.05, 0) is 26.4 Å². The van der Waals surface area contributed by atoms with E-state index in [-0.39, 0.29) is 12.3 Å². The summed E-state index contributed by atoms with van der Waals surface area (Å²) in [6.07, 6.45) is 1.66. The number of aromatic nitrogens is 4. The van der Waals surface area contributed by atoms with Gasteiger partial charge in [0.2, 0.25) is 0 Å². The summed E-state index contributed by atoms with van der Waals surface area (Å²) in [6.45, 7) is 3.43. The van der Waals surface area contributed by atoms with E-state index in [1.165, 1.54) is 23.5 Å². The number of ether oxygens (including phenoxy) is 3. The first kappa shape index (κ1) is 18.9. The van der Waals surface area contributed by atoms with E-state index in [4.69, 9.17) is 14.2 Å². The second kappa shape index (κ2) is 6.88. The van der Waals surface area contributed by atoms with Gasteiger partial charge < -0.3 is 19.3 Å². The zero-order valence-corrected chi connectivity index (χ0v) is 16.9. The van der Waals surface area contributed by atoms with Gasteiger partial charge in [0.1, 0.15) is 29.4 Å². The second-order valence-electron chi connectivity index (χ2n) is 6.64. The minimum absolute atomic E-state index is 0.206. The zero-order chi connectivity index (χ0) is 19.3. The Bertz CT molecular complexity index is 928. The van der Waals surface area contributed by atoms with Gasteiger partial charge in [0.05, 0.1) is 12.0 Å². The molecule has 2 aliphatic rings. The summed E-state index contributed by atoms with van der Waals surface area (Å²) in [5, 5.41) is 25.6. The molecule has 1 N–H and O–H groups in total. The van der Waals surface area contributed by atoms with Crippen molar-refractivity contribution in [2.24, 2.45) is 0 Å². The maximum Gasteiger partial charge on any atom is 0.190 e. The van der Waals surface area contributed by atoms with E-state index in [0.717, 1.165) is 0 Å². The van der Waals surface area contributed by atoms with Crippen LogP contribution < -0.4 is 0 Å². The minimum atomic E-state index is -0.796. The molecular weight excluding hydrogens is 390 g/mol. The van der Waals surface area contributed by atoms with Crippen molar-refractivity contribution in [2.75, 3.05) is 19.1 Å². The number of nitrogens with zero attached hydrogens (tertiary/aromatic N) is 5. The molecule has 0 bridgehead atoms. The zero-order valence-electron chi connectivity index (χ0n) is 15.2. The van der Waals surface area contributed by atoms with Crippen molar-refractivity contribution < 1.29 is 19.3 Å². The Balaban J connectivity index is 1.88. The van der Waals surface area contributed by atoms with Gasteiger partial charge in [0.25, 0.3) is 0 Å². The van der Waals surface area contributed by atoms with Crippen molar-refractivity contribution in [1.29, 1.82) is 5.26 Å². The first-order valence-corrected chi connectivity index (χ1v) is 10.8. The molecule has 0 aromatic carbocycles. The summed E-state index contributed by atoms with van der Waals surface area (Å²) in [5.74, 6) is -0.796. The van der Waals surface area contributed by atoms with Crippen molar-refractivity contribution in [2.45, 2.75) is 54.4 Å². The van der Waals surface area contributed by atoms with Crippen molar-refractivity contribution in [3.05, 3.63) is 5.69 Å². The van der Waals surface area contributed by atoms with E-state index >= 15 is 0 Å². The highest BCUT2D eigenvalue weighted by Crippen LogP contribution is 2.44. The van der Waals surface area contributed by atoms with Crippen molar-refractivity contribution in [3.63, 3.8) is 0 Å². The first-order chi connectivity index (χ1) is 12.9. The van der Waals surface area contributed by atoms with E-state index < -0.39 is 30.3 Å². The number of fused-ring (bicyclic) bond motifs is 2. The predicted molar refractivity (Wildman–Crippen MR) is 98.4 cm³/mol. The molecule has 2 aromatic heterocycles. The average molecular weight is 409 g/mol. The fraction of sp³-hybridized carbons (Fsp3) is 0.625. The van der Waals surface area contributed by atoms with Crippen LogP contribution in [0.4, 0.5) is 0 Å². The Morgan fingerprint density at radius 3 is 2.59 bits per heavy atom. The van der Waals surface area contributed by atoms with Gasteiger partial charge in [-0.25, -0.2) is 14.6 Å². The Kier molecular flexibility index (Phi) is 4.82. The third-order valence-electron chi connectivity index (χ3n) is 4.53. The van der Waals surface area contributed by atoms with Crippen LogP contribution in [0, 0.1) is 11.3 Å². The fourth-order valence-electron chi connectivity index (χ4n) is 3.49. The lowest BCUT2D eigenvalue weighted by Gasteiger charge is -2.23. The Morgan fingerprint density at radius 2 is 1.96 bits per heavy atom. The van der Waals surface area contributed by atoms with E-state index in [2.05, 4.69) is 21.1 Å². The van der Waals surface area contributed by atoms with Crippen LogP contribution in [0.1, 0.15) is 25.8 Å².